The fraction of sp³-hybridized carbons (Fsp3) is 0.0526. The molecule has 0 spiro atoms. The van der Waals surface area contributed by atoms with Crippen LogP contribution in [0.2, 0.25) is 0 Å². The molecule has 8 heteroatoms. The second-order valence-corrected chi connectivity index (χ2v) is 10.3. The number of halogens is 1. The third-order valence-corrected chi connectivity index (χ3v) is 6.64. The first-order valence-corrected chi connectivity index (χ1v) is 11.8. The molecule has 0 bridgehead atoms. The van der Waals surface area contributed by atoms with Gasteiger partial charge in [0.25, 0.3) is 0 Å². The number of sulfone groups is 1. The van der Waals surface area contributed by atoms with Crippen LogP contribution in [0.4, 0.5) is 0 Å². The van der Waals surface area contributed by atoms with E-state index in [1.54, 1.807) is 24.3 Å². The minimum Gasteiger partial charge on any atom is -0.379 e. The van der Waals surface area contributed by atoms with E-state index in [0.717, 1.165) is 27.9 Å². The average molecular weight is 467 g/mol. The second kappa shape index (κ2) is 7.46. The third kappa shape index (κ3) is 4.77. The number of hydrogen-bond donors (Lipinski definition) is 0. The molecule has 0 radical (unpaired) electrons. The maximum atomic E-state index is 12.5. The monoisotopic (exact) mass is 466 g/mol. The summed E-state index contributed by atoms with van der Waals surface area (Å²) in [6, 6.07) is 19.4. The SMILES string of the molecule is CS(=O)(=O)c1cccc(S(=O)(=O)Oc2ccc(-c3ccc(Br)cc3)cc2)c1. The Morgan fingerprint density at radius 2 is 1.26 bits per heavy atom. The third-order valence-electron chi connectivity index (χ3n) is 3.76. The molecule has 0 heterocycles. The summed E-state index contributed by atoms with van der Waals surface area (Å²) in [5, 5.41) is 0. The largest absolute Gasteiger partial charge is 0.379 e. The van der Waals surface area contributed by atoms with Gasteiger partial charge in [0.15, 0.2) is 9.84 Å². The Bertz CT molecular complexity index is 1170. The van der Waals surface area contributed by atoms with Crippen molar-refractivity contribution in [2.75, 3.05) is 6.26 Å². The molecule has 0 amide bonds. The summed E-state index contributed by atoms with van der Waals surface area (Å²) in [6.45, 7) is 0. The van der Waals surface area contributed by atoms with Crippen molar-refractivity contribution in [2.45, 2.75) is 9.79 Å². The van der Waals surface area contributed by atoms with Crippen LogP contribution in [-0.4, -0.2) is 23.1 Å². The molecule has 0 saturated heterocycles. The topological polar surface area (TPSA) is 77.5 Å². The summed E-state index contributed by atoms with van der Waals surface area (Å²) in [5.74, 6) is 0.139. The van der Waals surface area contributed by atoms with Gasteiger partial charge in [-0.25, -0.2) is 8.42 Å². The van der Waals surface area contributed by atoms with Crippen LogP contribution in [0, 0.1) is 0 Å². The van der Waals surface area contributed by atoms with Crippen LogP contribution in [0.15, 0.2) is 87.1 Å². The molecular formula is C19H15BrO5S2. The van der Waals surface area contributed by atoms with Crippen molar-refractivity contribution in [3.63, 3.8) is 0 Å². The van der Waals surface area contributed by atoms with E-state index in [9.17, 15) is 16.8 Å². The van der Waals surface area contributed by atoms with E-state index < -0.39 is 20.0 Å². The fourth-order valence-corrected chi connectivity index (χ4v) is 4.36. The molecule has 0 aliphatic carbocycles. The molecule has 0 aliphatic heterocycles. The van der Waals surface area contributed by atoms with Crippen molar-refractivity contribution < 1.29 is 21.0 Å². The first-order chi connectivity index (χ1) is 12.6. The summed E-state index contributed by atoms with van der Waals surface area (Å²) < 4.78 is 54.3. The van der Waals surface area contributed by atoms with Crippen molar-refractivity contribution in [1.29, 1.82) is 0 Å². The molecule has 5 nitrogen and oxygen atoms in total. The Hall–Kier alpha value is -2.16. The lowest BCUT2D eigenvalue weighted by molar-refractivity contribution is 0.486. The Balaban J connectivity index is 1.85. The maximum Gasteiger partial charge on any atom is 0.339 e. The molecule has 0 fully saturated rings. The van der Waals surface area contributed by atoms with E-state index in [-0.39, 0.29) is 15.5 Å². The van der Waals surface area contributed by atoms with Gasteiger partial charge in [-0.1, -0.05) is 46.3 Å². The van der Waals surface area contributed by atoms with Gasteiger partial charge in [-0.05, 0) is 53.6 Å². The Morgan fingerprint density at radius 1 is 0.741 bits per heavy atom. The lowest BCUT2D eigenvalue weighted by Crippen LogP contribution is -2.10. The quantitative estimate of drug-likeness (QED) is 0.524. The maximum absolute atomic E-state index is 12.5. The lowest BCUT2D eigenvalue weighted by atomic mass is 10.1. The van der Waals surface area contributed by atoms with Gasteiger partial charge in [-0.2, -0.15) is 8.42 Å². The van der Waals surface area contributed by atoms with Crippen molar-refractivity contribution in [2.24, 2.45) is 0 Å². The minimum absolute atomic E-state index is 0.0854. The number of hydrogen-bond acceptors (Lipinski definition) is 5. The highest BCUT2D eigenvalue weighted by molar-refractivity contribution is 9.10. The van der Waals surface area contributed by atoms with E-state index in [0.29, 0.717) is 0 Å². The molecule has 0 unspecified atom stereocenters. The molecule has 0 aliphatic rings. The first-order valence-electron chi connectivity index (χ1n) is 7.76. The van der Waals surface area contributed by atoms with Crippen molar-refractivity contribution in [3.05, 3.63) is 77.3 Å². The van der Waals surface area contributed by atoms with Gasteiger partial charge in [-0.3, -0.25) is 0 Å². The summed E-state index contributed by atoms with van der Waals surface area (Å²) in [7, 11) is -7.67. The van der Waals surface area contributed by atoms with Crippen LogP contribution in [0.1, 0.15) is 0 Å². The average Bonchev–Trinajstić information content (AvgIpc) is 2.62. The molecule has 140 valence electrons. The van der Waals surface area contributed by atoms with E-state index in [4.69, 9.17) is 4.18 Å². The van der Waals surface area contributed by atoms with Crippen molar-refractivity contribution >= 4 is 35.9 Å². The number of benzene rings is 3. The van der Waals surface area contributed by atoms with Gasteiger partial charge in [0.05, 0.1) is 4.90 Å². The molecule has 0 saturated carbocycles. The molecule has 0 N–H and O–H groups in total. The van der Waals surface area contributed by atoms with Crippen LogP contribution in [0.5, 0.6) is 5.75 Å². The smallest absolute Gasteiger partial charge is 0.339 e. The standard InChI is InChI=1S/C19H15BrO5S2/c1-26(21,22)18-3-2-4-19(13-18)27(23,24)25-17-11-7-15(8-12-17)14-5-9-16(20)10-6-14/h2-13H,1H3. The fourth-order valence-electron chi connectivity index (χ4n) is 2.38. The van der Waals surface area contributed by atoms with Crippen LogP contribution in [-0.2, 0) is 20.0 Å². The van der Waals surface area contributed by atoms with Crippen molar-refractivity contribution in [3.8, 4) is 16.9 Å². The highest BCUT2D eigenvalue weighted by Gasteiger charge is 2.19. The van der Waals surface area contributed by atoms with E-state index >= 15 is 0 Å². The highest BCUT2D eigenvalue weighted by Crippen LogP contribution is 2.26. The molecule has 3 aromatic rings. The van der Waals surface area contributed by atoms with Gasteiger partial charge >= 0.3 is 10.1 Å². The molecule has 27 heavy (non-hydrogen) atoms. The van der Waals surface area contributed by atoms with Gasteiger partial charge in [0.1, 0.15) is 10.6 Å². The summed E-state index contributed by atoms with van der Waals surface area (Å²) in [4.78, 5) is -0.305. The molecular weight excluding hydrogens is 452 g/mol. The highest BCUT2D eigenvalue weighted by atomic mass is 79.9. The van der Waals surface area contributed by atoms with E-state index in [1.807, 2.05) is 24.3 Å². The zero-order chi connectivity index (χ0) is 19.7. The van der Waals surface area contributed by atoms with Crippen molar-refractivity contribution in [1.82, 2.24) is 0 Å². The van der Waals surface area contributed by atoms with Crippen LogP contribution in [0.3, 0.4) is 0 Å². The second-order valence-electron chi connectivity index (χ2n) is 5.82. The predicted molar refractivity (Wildman–Crippen MR) is 107 cm³/mol. The van der Waals surface area contributed by atoms with Crippen LogP contribution in [0.25, 0.3) is 11.1 Å². The molecule has 3 rings (SSSR count). The number of rotatable bonds is 5. The zero-order valence-electron chi connectivity index (χ0n) is 14.2. The Kier molecular flexibility index (Phi) is 5.41. The summed E-state index contributed by atoms with van der Waals surface area (Å²) >= 11 is 3.38. The lowest BCUT2D eigenvalue weighted by Gasteiger charge is -2.09. The Morgan fingerprint density at radius 3 is 1.81 bits per heavy atom. The van der Waals surface area contributed by atoms with Gasteiger partial charge < -0.3 is 4.18 Å². The van der Waals surface area contributed by atoms with Crippen LogP contribution < -0.4 is 4.18 Å². The molecule has 3 aromatic carbocycles. The Labute approximate surface area is 166 Å². The van der Waals surface area contributed by atoms with Gasteiger partial charge in [-0.15, -0.1) is 0 Å². The summed E-state index contributed by atoms with van der Waals surface area (Å²) in [6.07, 6.45) is 1.01. The summed E-state index contributed by atoms with van der Waals surface area (Å²) in [5.41, 5.74) is 1.89. The van der Waals surface area contributed by atoms with E-state index in [1.165, 1.54) is 18.2 Å². The zero-order valence-corrected chi connectivity index (χ0v) is 17.4. The van der Waals surface area contributed by atoms with Gasteiger partial charge in [0, 0.05) is 10.7 Å². The van der Waals surface area contributed by atoms with Crippen LogP contribution >= 0.6 is 15.9 Å². The van der Waals surface area contributed by atoms with Gasteiger partial charge in [0.2, 0.25) is 0 Å². The normalized spacial score (nSPS) is 11.9. The minimum atomic E-state index is -4.15. The van der Waals surface area contributed by atoms with E-state index in [2.05, 4.69) is 15.9 Å². The molecule has 0 aromatic heterocycles. The molecule has 0 atom stereocenters. The predicted octanol–water partition coefficient (Wildman–Crippen LogP) is 4.29. The first kappa shape index (κ1) is 19.6.